The van der Waals surface area contributed by atoms with Gasteiger partial charge in [-0.05, 0) is 27.7 Å². The summed E-state index contributed by atoms with van der Waals surface area (Å²) in [6.07, 6.45) is -1.27. The Morgan fingerprint density at radius 1 is 0.833 bits per heavy atom. The maximum Gasteiger partial charge on any atom is 0.225 e. The second kappa shape index (κ2) is 8.75. The summed E-state index contributed by atoms with van der Waals surface area (Å²) in [5.41, 5.74) is -1.24. The summed E-state index contributed by atoms with van der Waals surface area (Å²) in [5, 5.41) is 5.74. The minimum absolute atomic E-state index is 0.0532. The van der Waals surface area contributed by atoms with Crippen molar-refractivity contribution in [1.29, 1.82) is 0 Å². The van der Waals surface area contributed by atoms with Gasteiger partial charge >= 0.3 is 0 Å². The Kier molecular flexibility index (Phi) is 7.59. The van der Waals surface area contributed by atoms with Crippen LogP contribution in [0.15, 0.2) is 0 Å². The minimum Gasteiger partial charge on any atom is -0.355 e. The van der Waals surface area contributed by atoms with E-state index in [9.17, 15) is 9.59 Å². The summed E-state index contributed by atoms with van der Waals surface area (Å²) >= 11 is 0. The fourth-order valence-corrected chi connectivity index (χ4v) is 2.25. The van der Waals surface area contributed by atoms with E-state index in [2.05, 4.69) is 10.6 Å². The first-order valence-corrected chi connectivity index (χ1v) is 7.98. The quantitative estimate of drug-likeness (QED) is 0.758. The van der Waals surface area contributed by atoms with E-state index >= 15 is 0 Å². The third kappa shape index (κ3) is 7.57. The highest BCUT2D eigenvalue weighted by atomic mass is 16.7. The molecule has 1 saturated heterocycles. The van der Waals surface area contributed by atoms with Gasteiger partial charge in [0.25, 0.3) is 0 Å². The van der Waals surface area contributed by atoms with Gasteiger partial charge in [-0.25, -0.2) is 0 Å². The topological polar surface area (TPSA) is 95.1 Å². The Labute approximate surface area is 143 Å². The first kappa shape index (κ1) is 20.8. The van der Waals surface area contributed by atoms with Gasteiger partial charge in [-0.2, -0.15) is 0 Å². The molecule has 24 heavy (non-hydrogen) atoms. The van der Waals surface area contributed by atoms with Crippen LogP contribution in [0.2, 0.25) is 0 Å². The molecule has 1 aliphatic heterocycles. The molecule has 1 rings (SSSR count). The van der Waals surface area contributed by atoms with E-state index < -0.39 is 23.7 Å². The molecule has 1 heterocycles. The predicted molar refractivity (Wildman–Crippen MR) is 87.2 cm³/mol. The largest absolute Gasteiger partial charge is 0.355 e. The van der Waals surface area contributed by atoms with Gasteiger partial charge in [0.15, 0.2) is 12.6 Å². The average Bonchev–Trinajstić information content (AvgIpc) is 2.45. The fraction of sp³-hybridized carbons (Fsp3) is 0.875. The van der Waals surface area contributed by atoms with Gasteiger partial charge in [-0.1, -0.05) is 0 Å². The molecular weight excluding hydrogens is 316 g/mol. The third-order valence-corrected chi connectivity index (χ3v) is 3.45. The van der Waals surface area contributed by atoms with Crippen molar-refractivity contribution in [2.24, 2.45) is 0 Å². The Morgan fingerprint density at radius 2 is 1.17 bits per heavy atom. The van der Waals surface area contributed by atoms with Crippen molar-refractivity contribution in [1.82, 2.24) is 10.6 Å². The van der Waals surface area contributed by atoms with Gasteiger partial charge in [-0.3, -0.25) is 9.59 Å². The van der Waals surface area contributed by atoms with Crippen LogP contribution in [0.3, 0.4) is 0 Å². The summed E-state index contributed by atoms with van der Waals surface area (Å²) in [6, 6.07) is 0. The van der Waals surface area contributed by atoms with E-state index in [1.165, 1.54) is 14.2 Å². The molecule has 2 amide bonds. The second-order valence-corrected chi connectivity index (χ2v) is 7.22. The van der Waals surface area contributed by atoms with Crippen LogP contribution in [0.5, 0.6) is 0 Å². The molecule has 2 N–H and O–H groups in total. The van der Waals surface area contributed by atoms with Gasteiger partial charge in [-0.15, -0.1) is 0 Å². The molecule has 1 aliphatic rings. The Bertz CT molecular complexity index is 398. The molecule has 0 aromatic carbocycles. The van der Waals surface area contributed by atoms with Crippen LogP contribution in [-0.2, 0) is 28.5 Å². The maximum absolute atomic E-state index is 12.2. The number of nitrogens with one attached hydrogen (secondary N) is 2. The van der Waals surface area contributed by atoms with Crippen molar-refractivity contribution in [3.8, 4) is 0 Å². The van der Waals surface area contributed by atoms with Crippen molar-refractivity contribution in [3.63, 3.8) is 0 Å². The molecule has 0 radical (unpaired) electrons. The number of hydrogen-bond acceptors (Lipinski definition) is 6. The monoisotopic (exact) mass is 346 g/mol. The van der Waals surface area contributed by atoms with E-state index in [4.69, 9.17) is 18.9 Å². The standard InChI is InChI=1S/C16H30N2O6/c1-15(2)9-23-13(21-5)8-12(20)18-16(3,4)10-24-14(22-6)7-11(19)17-15/h13-14H,7-10H2,1-6H3,(H,17,19)(H,18,20)/t13-,14+. The lowest BCUT2D eigenvalue weighted by Crippen LogP contribution is -2.51. The summed E-state index contributed by atoms with van der Waals surface area (Å²) in [7, 11) is 2.95. The van der Waals surface area contributed by atoms with Crippen molar-refractivity contribution in [3.05, 3.63) is 0 Å². The zero-order chi connectivity index (χ0) is 18.4. The molecular formula is C16H30N2O6. The lowest BCUT2D eigenvalue weighted by atomic mass is 10.1. The fourth-order valence-electron chi connectivity index (χ4n) is 2.25. The van der Waals surface area contributed by atoms with Crippen LogP contribution in [0.4, 0.5) is 0 Å². The maximum atomic E-state index is 12.2. The smallest absolute Gasteiger partial charge is 0.225 e. The van der Waals surface area contributed by atoms with Gasteiger partial charge in [0, 0.05) is 14.2 Å². The molecule has 8 nitrogen and oxygen atoms in total. The summed E-state index contributed by atoms with van der Waals surface area (Å²) in [5.74, 6) is -0.411. The van der Waals surface area contributed by atoms with Gasteiger partial charge in [0.05, 0.1) is 37.1 Å². The summed E-state index contributed by atoms with van der Waals surface area (Å²) in [6.45, 7) is 7.72. The molecule has 2 atom stereocenters. The molecule has 1 fully saturated rings. The number of rotatable bonds is 2. The van der Waals surface area contributed by atoms with E-state index in [0.29, 0.717) is 0 Å². The van der Waals surface area contributed by atoms with Gasteiger partial charge in [0.1, 0.15) is 0 Å². The Hall–Kier alpha value is -1.22. The van der Waals surface area contributed by atoms with E-state index in [0.717, 1.165) is 0 Å². The molecule has 140 valence electrons. The molecule has 8 heteroatoms. The van der Waals surface area contributed by atoms with Crippen molar-refractivity contribution in [2.45, 2.75) is 64.2 Å². The molecule has 0 aromatic heterocycles. The average molecular weight is 346 g/mol. The van der Waals surface area contributed by atoms with Gasteiger partial charge < -0.3 is 29.6 Å². The number of amides is 2. The van der Waals surface area contributed by atoms with Crippen LogP contribution in [0.25, 0.3) is 0 Å². The number of methoxy groups -OCH3 is 2. The number of ether oxygens (including phenoxy) is 4. The van der Waals surface area contributed by atoms with Crippen molar-refractivity contribution < 1.29 is 28.5 Å². The SMILES string of the molecule is CO[C@H]1CC(=O)NC(C)(C)CO[C@H](OC)CC(=O)NC(C)(C)CO1. The first-order valence-electron chi connectivity index (χ1n) is 7.98. The molecule has 0 unspecified atom stereocenters. The second-order valence-electron chi connectivity index (χ2n) is 7.22. The first-order chi connectivity index (χ1) is 11.1. The highest BCUT2D eigenvalue weighted by Crippen LogP contribution is 2.13. The van der Waals surface area contributed by atoms with Crippen LogP contribution in [-0.4, -0.2) is 62.9 Å². The normalized spacial score (nSPS) is 29.2. The molecule has 0 spiro atoms. The van der Waals surface area contributed by atoms with Crippen LogP contribution in [0, 0.1) is 0 Å². The highest BCUT2D eigenvalue weighted by Gasteiger charge is 2.29. The van der Waals surface area contributed by atoms with Crippen molar-refractivity contribution in [2.75, 3.05) is 27.4 Å². The van der Waals surface area contributed by atoms with Crippen LogP contribution < -0.4 is 10.6 Å². The minimum atomic E-state index is -0.687. The lowest BCUT2D eigenvalue weighted by Gasteiger charge is -2.32. The van der Waals surface area contributed by atoms with Gasteiger partial charge in [0.2, 0.25) is 11.8 Å². The molecule has 0 aromatic rings. The summed E-state index contributed by atoms with van der Waals surface area (Å²) < 4.78 is 21.7. The zero-order valence-electron chi connectivity index (χ0n) is 15.4. The Morgan fingerprint density at radius 3 is 1.46 bits per heavy atom. The zero-order valence-corrected chi connectivity index (χ0v) is 15.4. The summed E-state index contributed by atoms with van der Waals surface area (Å²) in [4.78, 5) is 24.3. The number of hydrogen-bond donors (Lipinski definition) is 2. The van der Waals surface area contributed by atoms with E-state index in [1.807, 2.05) is 27.7 Å². The molecule has 0 bridgehead atoms. The predicted octanol–water partition coefficient (Wildman–Crippen LogP) is 0.548. The number of carbonyl (C=O) groups is 2. The van der Waals surface area contributed by atoms with Crippen LogP contribution >= 0.6 is 0 Å². The number of carbonyl (C=O) groups excluding carboxylic acids is 2. The van der Waals surface area contributed by atoms with E-state index in [1.54, 1.807) is 0 Å². The molecule has 0 aliphatic carbocycles. The lowest BCUT2D eigenvalue weighted by molar-refractivity contribution is -0.166. The van der Waals surface area contributed by atoms with Crippen molar-refractivity contribution >= 4 is 11.8 Å². The van der Waals surface area contributed by atoms with Crippen LogP contribution in [0.1, 0.15) is 40.5 Å². The highest BCUT2D eigenvalue weighted by molar-refractivity contribution is 5.77. The third-order valence-electron chi connectivity index (χ3n) is 3.45. The van der Waals surface area contributed by atoms with E-state index in [-0.39, 0.29) is 37.9 Å². The Balaban J connectivity index is 2.88. The molecule has 0 saturated carbocycles.